The third-order valence-electron chi connectivity index (χ3n) is 4.74. The van der Waals surface area contributed by atoms with Crippen LogP contribution in [0.4, 0.5) is 0 Å². The van der Waals surface area contributed by atoms with Crippen molar-refractivity contribution < 1.29 is 19.0 Å². The van der Waals surface area contributed by atoms with Crippen LogP contribution in [0.25, 0.3) is 0 Å². The van der Waals surface area contributed by atoms with Gasteiger partial charge in [0, 0.05) is 16.2 Å². The fourth-order valence-electron chi connectivity index (χ4n) is 3.02. The minimum absolute atomic E-state index is 0.145. The molecule has 0 bridgehead atoms. The van der Waals surface area contributed by atoms with Crippen molar-refractivity contribution in [3.8, 4) is 17.2 Å². The molecular formula is C25H27NO4S. The zero-order valence-electron chi connectivity index (χ0n) is 18.0. The van der Waals surface area contributed by atoms with Gasteiger partial charge in [0.2, 0.25) is 0 Å². The number of ether oxygens (including phenoxy) is 3. The Morgan fingerprint density at radius 3 is 2.32 bits per heavy atom. The van der Waals surface area contributed by atoms with Crippen molar-refractivity contribution in [2.75, 3.05) is 26.6 Å². The molecular weight excluding hydrogens is 410 g/mol. The summed E-state index contributed by atoms with van der Waals surface area (Å²) in [7, 11) is 3.19. The fraction of sp³-hybridized carbons (Fsp3) is 0.240. The molecule has 6 heteroatoms. The molecule has 3 aromatic carbocycles. The molecule has 0 spiro atoms. The van der Waals surface area contributed by atoms with Crippen LogP contribution in [0.3, 0.4) is 0 Å². The maximum absolute atomic E-state index is 12.6. The molecule has 3 rings (SSSR count). The third kappa shape index (κ3) is 6.43. The number of amides is 1. The number of benzene rings is 3. The molecule has 1 N–H and O–H groups in total. The van der Waals surface area contributed by atoms with Gasteiger partial charge in [-0.25, -0.2) is 0 Å². The summed E-state index contributed by atoms with van der Waals surface area (Å²) in [5.41, 5.74) is 1.51. The molecule has 0 heterocycles. The number of carbonyl (C=O) groups excluding carboxylic acids is 1. The summed E-state index contributed by atoms with van der Waals surface area (Å²) < 4.78 is 16.4. The number of carbonyl (C=O) groups is 1. The first-order chi connectivity index (χ1) is 15.1. The Labute approximate surface area is 187 Å². The molecule has 0 radical (unpaired) electrons. The second kappa shape index (κ2) is 11.3. The van der Waals surface area contributed by atoms with Gasteiger partial charge in [-0.15, -0.1) is 11.8 Å². The van der Waals surface area contributed by atoms with Crippen molar-refractivity contribution in [3.63, 3.8) is 0 Å². The van der Waals surface area contributed by atoms with Gasteiger partial charge < -0.3 is 19.5 Å². The van der Waals surface area contributed by atoms with Gasteiger partial charge in [-0.05, 0) is 61.0 Å². The molecule has 31 heavy (non-hydrogen) atoms. The first-order valence-corrected chi connectivity index (χ1v) is 11.0. The van der Waals surface area contributed by atoms with Crippen LogP contribution < -0.4 is 19.5 Å². The van der Waals surface area contributed by atoms with Crippen LogP contribution in [0, 0.1) is 0 Å². The average molecular weight is 438 g/mol. The predicted molar refractivity (Wildman–Crippen MR) is 125 cm³/mol. The smallest absolute Gasteiger partial charge is 0.251 e. The van der Waals surface area contributed by atoms with Crippen molar-refractivity contribution >= 4 is 17.7 Å². The zero-order chi connectivity index (χ0) is 22.1. The molecule has 1 unspecified atom stereocenters. The third-order valence-corrected chi connectivity index (χ3v) is 5.71. The minimum Gasteiger partial charge on any atom is -0.493 e. The van der Waals surface area contributed by atoms with Crippen molar-refractivity contribution in [1.82, 2.24) is 5.32 Å². The second-order valence-corrected chi connectivity index (χ2v) is 8.01. The van der Waals surface area contributed by atoms with E-state index in [4.69, 9.17) is 14.2 Å². The Morgan fingerprint density at radius 1 is 0.935 bits per heavy atom. The quantitative estimate of drug-likeness (QED) is 0.342. The van der Waals surface area contributed by atoms with Gasteiger partial charge >= 0.3 is 0 Å². The van der Waals surface area contributed by atoms with E-state index in [2.05, 4.69) is 17.4 Å². The van der Waals surface area contributed by atoms with Gasteiger partial charge in [0.05, 0.1) is 26.9 Å². The fourth-order valence-corrected chi connectivity index (χ4v) is 3.78. The van der Waals surface area contributed by atoms with Crippen LogP contribution in [0.15, 0.2) is 77.7 Å². The van der Waals surface area contributed by atoms with Crippen molar-refractivity contribution in [2.45, 2.75) is 17.9 Å². The lowest BCUT2D eigenvalue weighted by Crippen LogP contribution is -2.26. The maximum Gasteiger partial charge on any atom is 0.251 e. The SMILES string of the molecule is COc1ccc(C(C)NC(=O)c2ccc(OCCSc3ccccc3)cc2)cc1OC. The average Bonchev–Trinajstić information content (AvgIpc) is 2.82. The Kier molecular flexibility index (Phi) is 8.24. The van der Waals surface area contributed by atoms with Gasteiger partial charge in [-0.3, -0.25) is 4.79 Å². The highest BCUT2D eigenvalue weighted by atomic mass is 32.2. The second-order valence-electron chi connectivity index (χ2n) is 6.84. The summed E-state index contributed by atoms with van der Waals surface area (Å²) >= 11 is 1.75. The normalized spacial score (nSPS) is 11.5. The lowest BCUT2D eigenvalue weighted by molar-refractivity contribution is 0.0940. The van der Waals surface area contributed by atoms with Gasteiger partial charge in [0.25, 0.3) is 5.91 Å². The molecule has 0 saturated heterocycles. The van der Waals surface area contributed by atoms with E-state index in [-0.39, 0.29) is 11.9 Å². The summed E-state index contributed by atoms with van der Waals surface area (Å²) in [5, 5.41) is 3.01. The molecule has 0 aliphatic carbocycles. The van der Waals surface area contributed by atoms with E-state index in [9.17, 15) is 4.79 Å². The van der Waals surface area contributed by atoms with E-state index in [1.807, 2.05) is 55.5 Å². The van der Waals surface area contributed by atoms with E-state index in [0.717, 1.165) is 17.1 Å². The Morgan fingerprint density at radius 2 is 1.65 bits per heavy atom. The van der Waals surface area contributed by atoms with Gasteiger partial charge in [0.1, 0.15) is 5.75 Å². The molecule has 1 amide bonds. The molecule has 0 aliphatic heterocycles. The number of hydrogen-bond donors (Lipinski definition) is 1. The zero-order valence-corrected chi connectivity index (χ0v) is 18.8. The lowest BCUT2D eigenvalue weighted by atomic mass is 10.1. The maximum atomic E-state index is 12.6. The number of thioether (sulfide) groups is 1. The summed E-state index contributed by atoms with van der Waals surface area (Å²) in [4.78, 5) is 13.8. The van der Waals surface area contributed by atoms with E-state index >= 15 is 0 Å². The monoisotopic (exact) mass is 437 g/mol. The van der Waals surface area contributed by atoms with Gasteiger partial charge in [0.15, 0.2) is 11.5 Å². The van der Waals surface area contributed by atoms with Crippen LogP contribution in [0.2, 0.25) is 0 Å². The van der Waals surface area contributed by atoms with Crippen LogP contribution in [-0.2, 0) is 0 Å². The van der Waals surface area contributed by atoms with E-state index in [0.29, 0.717) is 23.7 Å². The van der Waals surface area contributed by atoms with Gasteiger partial charge in [-0.2, -0.15) is 0 Å². The Hall–Kier alpha value is -3.12. The van der Waals surface area contributed by atoms with E-state index in [1.54, 1.807) is 38.1 Å². The predicted octanol–water partition coefficient (Wildman–Crippen LogP) is 5.37. The molecule has 5 nitrogen and oxygen atoms in total. The highest BCUT2D eigenvalue weighted by Crippen LogP contribution is 2.30. The summed E-state index contributed by atoms with van der Waals surface area (Å²) in [6.07, 6.45) is 0. The molecule has 162 valence electrons. The van der Waals surface area contributed by atoms with Crippen molar-refractivity contribution in [1.29, 1.82) is 0 Å². The Balaban J connectivity index is 1.50. The summed E-state index contributed by atoms with van der Waals surface area (Å²) in [6, 6.07) is 22.9. The number of rotatable bonds is 10. The first kappa shape index (κ1) is 22.6. The first-order valence-electron chi connectivity index (χ1n) is 10.0. The molecule has 0 aliphatic rings. The van der Waals surface area contributed by atoms with E-state index < -0.39 is 0 Å². The number of methoxy groups -OCH3 is 2. The van der Waals surface area contributed by atoms with E-state index in [1.165, 1.54) is 4.90 Å². The van der Waals surface area contributed by atoms with Crippen LogP contribution in [0.5, 0.6) is 17.2 Å². The molecule has 3 aromatic rings. The van der Waals surface area contributed by atoms with Crippen LogP contribution in [0.1, 0.15) is 28.9 Å². The highest BCUT2D eigenvalue weighted by Gasteiger charge is 2.14. The van der Waals surface area contributed by atoms with Crippen LogP contribution in [-0.4, -0.2) is 32.5 Å². The summed E-state index contributed by atoms with van der Waals surface area (Å²) in [5.74, 6) is 2.75. The summed E-state index contributed by atoms with van der Waals surface area (Å²) in [6.45, 7) is 2.53. The molecule has 0 fully saturated rings. The standard InChI is InChI=1S/C25H27NO4S/c1-18(20-11-14-23(28-2)24(17-20)29-3)26-25(27)19-9-12-21(13-10-19)30-15-16-31-22-7-5-4-6-8-22/h4-14,17-18H,15-16H2,1-3H3,(H,26,27). The van der Waals surface area contributed by atoms with Crippen molar-refractivity contribution in [3.05, 3.63) is 83.9 Å². The lowest BCUT2D eigenvalue weighted by Gasteiger charge is -2.17. The number of hydrogen-bond acceptors (Lipinski definition) is 5. The van der Waals surface area contributed by atoms with Gasteiger partial charge in [-0.1, -0.05) is 24.3 Å². The highest BCUT2D eigenvalue weighted by molar-refractivity contribution is 7.99. The van der Waals surface area contributed by atoms with Crippen LogP contribution >= 0.6 is 11.8 Å². The molecule has 0 saturated carbocycles. The Bertz CT molecular complexity index is 977. The molecule has 1 atom stereocenters. The largest absolute Gasteiger partial charge is 0.493 e. The topological polar surface area (TPSA) is 56.8 Å². The number of nitrogens with one attached hydrogen (secondary N) is 1. The minimum atomic E-state index is -0.182. The molecule has 0 aromatic heterocycles. The van der Waals surface area contributed by atoms with Crippen molar-refractivity contribution in [2.24, 2.45) is 0 Å².